The first-order chi connectivity index (χ1) is 8.66. The third-order valence-electron chi connectivity index (χ3n) is 3.83. The van der Waals surface area contributed by atoms with E-state index in [2.05, 4.69) is 5.32 Å². The van der Waals surface area contributed by atoms with E-state index in [9.17, 15) is 10.1 Å². The molecule has 0 atom stereocenters. The summed E-state index contributed by atoms with van der Waals surface area (Å²) in [6.07, 6.45) is 4.96. The van der Waals surface area contributed by atoms with Crippen molar-refractivity contribution in [3.05, 3.63) is 28.3 Å². The molecule has 0 aromatic heterocycles. The molecule has 0 heterocycles. The van der Waals surface area contributed by atoms with Gasteiger partial charge in [0.15, 0.2) is 0 Å². The molecule has 18 heavy (non-hydrogen) atoms. The van der Waals surface area contributed by atoms with E-state index >= 15 is 0 Å². The third kappa shape index (κ3) is 2.12. The lowest BCUT2D eigenvalue weighted by molar-refractivity contribution is -0.383. The zero-order valence-electron chi connectivity index (χ0n) is 10.1. The van der Waals surface area contributed by atoms with Gasteiger partial charge in [0.2, 0.25) is 0 Å². The van der Waals surface area contributed by atoms with E-state index in [1.54, 1.807) is 18.2 Å². The number of para-hydroxylation sites is 1. The SMILES string of the molecule is Nc1cccc(NC(C2CC2)C2CC2)c1[N+](=O)[O-]. The van der Waals surface area contributed by atoms with E-state index in [4.69, 9.17) is 5.73 Å². The Labute approximate surface area is 106 Å². The van der Waals surface area contributed by atoms with Gasteiger partial charge in [0, 0.05) is 6.04 Å². The summed E-state index contributed by atoms with van der Waals surface area (Å²) < 4.78 is 0. The Bertz CT molecular complexity index is 469. The summed E-state index contributed by atoms with van der Waals surface area (Å²) in [4.78, 5) is 10.7. The molecule has 0 amide bonds. The normalized spacial score (nSPS) is 18.9. The molecule has 1 aromatic carbocycles. The van der Waals surface area contributed by atoms with Crippen LogP contribution in [0.2, 0.25) is 0 Å². The molecule has 5 heteroatoms. The summed E-state index contributed by atoms with van der Waals surface area (Å²) in [5.74, 6) is 1.39. The average molecular weight is 247 g/mol. The van der Waals surface area contributed by atoms with Crippen LogP contribution < -0.4 is 11.1 Å². The van der Waals surface area contributed by atoms with Crippen molar-refractivity contribution in [2.45, 2.75) is 31.7 Å². The van der Waals surface area contributed by atoms with Gasteiger partial charge in [0.05, 0.1) is 4.92 Å². The lowest BCUT2D eigenvalue weighted by atomic mass is 10.1. The number of rotatable bonds is 5. The molecule has 2 saturated carbocycles. The van der Waals surface area contributed by atoms with E-state index in [0.717, 1.165) is 0 Å². The van der Waals surface area contributed by atoms with E-state index in [1.807, 2.05) is 0 Å². The van der Waals surface area contributed by atoms with Crippen molar-refractivity contribution < 1.29 is 4.92 Å². The maximum atomic E-state index is 11.1. The zero-order chi connectivity index (χ0) is 12.7. The fraction of sp³-hybridized carbons (Fsp3) is 0.538. The Morgan fingerprint density at radius 1 is 1.28 bits per heavy atom. The number of hydrogen-bond donors (Lipinski definition) is 2. The van der Waals surface area contributed by atoms with Gasteiger partial charge in [-0.15, -0.1) is 0 Å². The number of nitro groups is 1. The molecule has 0 radical (unpaired) electrons. The number of nitro benzene ring substituents is 1. The molecule has 0 unspecified atom stereocenters. The topological polar surface area (TPSA) is 81.2 Å². The first-order valence-corrected chi connectivity index (χ1v) is 6.46. The summed E-state index contributed by atoms with van der Waals surface area (Å²) in [5.41, 5.74) is 6.52. The number of nitrogen functional groups attached to an aromatic ring is 1. The van der Waals surface area contributed by atoms with Gasteiger partial charge in [-0.25, -0.2) is 0 Å². The van der Waals surface area contributed by atoms with Gasteiger partial charge in [-0.3, -0.25) is 10.1 Å². The van der Waals surface area contributed by atoms with Gasteiger partial charge in [0.1, 0.15) is 11.4 Å². The van der Waals surface area contributed by atoms with Crippen LogP contribution in [-0.2, 0) is 0 Å². The largest absolute Gasteiger partial charge is 0.393 e. The van der Waals surface area contributed by atoms with Crippen molar-refractivity contribution in [2.75, 3.05) is 11.1 Å². The number of anilines is 2. The minimum absolute atomic E-state index is 0.0174. The van der Waals surface area contributed by atoms with Crippen LogP contribution in [0.15, 0.2) is 18.2 Å². The van der Waals surface area contributed by atoms with Crippen molar-refractivity contribution >= 4 is 17.1 Å². The molecule has 96 valence electrons. The zero-order valence-corrected chi connectivity index (χ0v) is 10.1. The third-order valence-corrected chi connectivity index (χ3v) is 3.83. The molecule has 0 spiro atoms. The summed E-state index contributed by atoms with van der Waals surface area (Å²) in [7, 11) is 0. The molecule has 0 bridgehead atoms. The first kappa shape index (κ1) is 11.3. The second kappa shape index (κ2) is 4.15. The van der Waals surface area contributed by atoms with E-state index in [-0.39, 0.29) is 11.4 Å². The predicted octanol–water partition coefficient (Wildman–Crippen LogP) is 2.78. The molecular formula is C13H17N3O2. The number of nitrogens with one attached hydrogen (secondary N) is 1. The van der Waals surface area contributed by atoms with Gasteiger partial charge in [-0.05, 0) is 49.7 Å². The van der Waals surface area contributed by atoms with E-state index in [1.165, 1.54) is 25.7 Å². The monoisotopic (exact) mass is 247 g/mol. The fourth-order valence-electron chi connectivity index (χ4n) is 2.59. The van der Waals surface area contributed by atoms with Crippen LogP contribution in [0.25, 0.3) is 0 Å². The van der Waals surface area contributed by atoms with Crippen LogP contribution in [0.1, 0.15) is 25.7 Å². The lowest BCUT2D eigenvalue weighted by Crippen LogP contribution is -2.24. The molecule has 2 aliphatic rings. The van der Waals surface area contributed by atoms with Crippen molar-refractivity contribution in [2.24, 2.45) is 11.8 Å². The highest BCUT2D eigenvalue weighted by Gasteiger charge is 2.42. The summed E-state index contributed by atoms with van der Waals surface area (Å²) in [5, 5.41) is 14.5. The first-order valence-electron chi connectivity index (χ1n) is 6.46. The molecule has 2 aliphatic carbocycles. The highest BCUT2D eigenvalue weighted by atomic mass is 16.6. The van der Waals surface area contributed by atoms with Gasteiger partial charge in [-0.1, -0.05) is 6.07 Å². The quantitative estimate of drug-likeness (QED) is 0.476. The molecule has 2 fully saturated rings. The highest BCUT2D eigenvalue weighted by Crippen LogP contribution is 2.46. The summed E-state index contributed by atoms with van der Waals surface area (Å²) >= 11 is 0. The Morgan fingerprint density at radius 2 is 1.89 bits per heavy atom. The minimum atomic E-state index is -0.394. The van der Waals surface area contributed by atoms with Crippen molar-refractivity contribution in [3.63, 3.8) is 0 Å². The van der Waals surface area contributed by atoms with Crippen LogP contribution in [0.5, 0.6) is 0 Å². The Hall–Kier alpha value is -1.78. The molecule has 0 saturated heterocycles. The fourth-order valence-corrected chi connectivity index (χ4v) is 2.59. The maximum Gasteiger partial charge on any atom is 0.314 e. The van der Waals surface area contributed by atoms with E-state index in [0.29, 0.717) is 23.6 Å². The number of benzene rings is 1. The van der Waals surface area contributed by atoms with Crippen LogP contribution in [0.3, 0.4) is 0 Å². The molecule has 3 rings (SSSR count). The predicted molar refractivity (Wildman–Crippen MR) is 70.4 cm³/mol. The second-order valence-corrected chi connectivity index (χ2v) is 5.35. The Kier molecular flexibility index (Phi) is 2.61. The van der Waals surface area contributed by atoms with Crippen molar-refractivity contribution in [3.8, 4) is 0 Å². The van der Waals surface area contributed by atoms with Gasteiger partial charge < -0.3 is 11.1 Å². The molecule has 0 aliphatic heterocycles. The van der Waals surface area contributed by atoms with Gasteiger partial charge in [0.25, 0.3) is 0 Å². The van der Waals surface area contributed by atoms with Crippen LogP contribution in [-0.4, -0.2) is 11.0 Å². The van der Waals surface area contributed by atoms with E-state index < -0.39 is 4.92 Å². The summed E-state index contributed by atoms with van der Waals surface area (Å²) in [6, 6.07) is 5.49. The van der Waals surface area contributed by atoms with Crippen LogP contribution in [0, 0.1) is 22.0 Å². The Morgan fingerprint density at radius 3 is 2.39 bits per heavy atom. The highest BCUT2D eigenvalue weighted by molar-refractivity contribution is 5.74. The van der Waals surface area contributed by atoms with Crippen LogP contribution >= 0.6 is 0 Å². The molecule has 5 nitrogen and oxygen atoms in total. The van der Waals surface area contributed by atoms with Crippen LogP contribution in [0.4, 0.5) is 17.1 Å². The smallest absolute Gasteiger partial charge is 0.314 e. The lowest BCUT2D eigenvalue weighted by Gasteiger charge is -2.19. The Balaban J connectivity index is 1.86. The standard InChI is InChI=1S/C13H17N3O2/c14-10-2-1-3-11(13(10)16(17)18)15-12(8-4-5-8)9-6-7-9/h1-3,8-9,12,15H,4-7,14H2. The van der Waals surface area contributed by atoms with Gasteiger partial charge in [-0.2, -0.15) is 0 Å². The van der Waals surface area contributed by atoms with Crippen molar-refractivity contribution in [1.29, 1.82) is 0 Å². The second-order valence-electron chi connectivity index (χ2n) is 5.35. The number of nitrogens with zero attached hydrogens (tertiary/aromatic N) is 1. The number of nitrogens with two attached hydrogens (primary N) is 1. The molecule has 1 aromatic rings. The minimum Gasteiger partial charge on any atom is -0.393 e. The van der Waals surface area contributed by atoms with Gasteiger partial charge >= 0.3 is 5.69 Å². The molecule has 3 N–H and O–H groups in total. The number of hydrogen-bond acceptors (Lipinski definition) is 4. The summed E-state index contributed by atoms with van der Waals surface area (Å²) in [6.45, 7) is 0. The average Bonchev–Trinajstić information content (AvgIpc) is 3.17. The van der Waals surface area contributed by atoms with Crippen molar-refractivity contribution in [1.82, 2.24) is 0 Å². The maximum absolute atomic E-state index is 11.1. The molecular weight excluding hydrogens is 230 g/mol.